The standard InChI is InChI=1S/C22H26N2O3/c1-4-22(25)24(14-17-9-7-10-18(12-17)26-3)15-19-13-21(23-27-19)20-11-6-5-8-16(20)2/h5-12,19H,4,13-15H2,1-3H3/t19-/m1/s1. The predicted molar refractivity (Wildman–Crippen MR) is 106 cm³/mol. The van der Waals surface area contributed by atoms with Crippen LogP contribution in [0.2, 0.25) is 0 Å². The minimum Gasteiger partial charge on any atom is -0.497 e. The van der Waals surface area contributed by atoms with Crippen LogP contribution >= 0.6 is 0 Å². The van der Waals surface area contributed by atoms with E-state index in [9.17, 15) is 4.79 Å². The van der Waals surface area contributed by atoms with E-state index in [4.69, 9.17) is 9.57 Å². The zero-order valence-corrected chi connectivity index (χ0v) is 16.1. The summed E-state index contributed by atoms with van der Waals surface area (Å²) in [6, 6.07) is 16.0. The van der Waals surface area contributed by atoms with E-state index in [0.717, 1.165) is 22.6 Å². The lowest BCUT2D eigenvalue weighted by molar-refractivity contribution is -0.133. The number of hydrogen-bond donors (Lipinski definition) is 0. The van der Waals surface area contributed by atoms with Gasteiger partial charge in [0.15, 0.2) is 6.10 Å². The Kier molecular flexibility index (Phi) is 6.12. The van der Waals surface area contributed by atoms with Crippen LogP contribution < -0.4 is 4.74 Å². The van der Waals surface area contributed by atoms with Gasteiger partial charge >= 0.3 is 0 Å². The summed E-state index contributed by atoms with van der Waals surface area (Å²) in [7, 11) is 1.64. The third kappa shape index (κ3) is 4.67. The molecule has 1 atom stereocenters. The summed E-state index contributed by atoms with van der Waals surface area (Å²) in [6.45, 7) is 5.00. The van der Waals surface area contributed by atoms with Crippen molar-refractivity contribution >= 4 is 11.6 Å². The number of carbonyl (C=O) groups is 1. The highest BCUT2D eigenvalue weighted by molar-refractivity contribution is 6.02. The topological polar surface area (TPSA) is 51.1 Å². The Bertz CT molecular complexity index is 832. The number of amides is 1. The molecule has 0 radical (unpaired) electrons. The van der Waals surface area contributed by atoms with Crippen LogP contribution in [-0.2, 0) is 16.2 Å². The Morgan fingerprint density at radius 1 is 1.26 bits per heavy atom. The molecule has 0 aliphatic carbocycles. The summed E-state index contributed by atoms with van der Waals surface area (Å²) in [5.74, 6) is 0.893. The normalized spacial score (nSPS) is 15.8. The van der Waals surface area contributed by atoms with Crippen LogP contribution in [0.1, 0.15) is 36.5 Å². The van der Waals surface area contributed by atoms with Crippen LogP contribution in [0.15, 0.2) is 53.7 Å². The summed E-state index contributed by atoms with van der Waals surface area (Å²) in [4.78, 5) is 20.0. The fourth-order valence-corrected chi connectivity index (χ4v) is 3.30. The SMILES string of the molecule is CCC(=O)N(Cc1cccc(OC)c1)C[C@H]1CC(c2ccccc2C)=NO1. The van der Waals surface area contributed by atoms with Crippen molar-refractivity contribution in [2.45, 2.75) is 39.3 Å². The Morgan fingerprint density at radius 3 is 2.81 bits per heavy atom. The lowest BCUT2D eigenvalue weighted by Gasteiger charge is -2.24. The van der Waals surface area contributed by atoms with Crippen molar-refractivity contribution in [3.8, 4) is 5.75 Å². The fourth-order valence-electron chi connectivity index (χ4n) is 3.30. The maximum atomic E-state index is 12.5. The predicted octanol–water partition coefficient (Wildman–Crippen LogP) is 3.94. The fraction of sp³-hybridized carbons (Fsp3) is 0.364. The molecule has 0 saturated heterocycles. The van der Waals surface area contributed by atoms with Crippen molar-refractivity contribution in [1.29, 1.82) is 0 Å². The van der Waals surface area contributed by atoms with Crippen LogP contribution in [0.5, 0.6) is 5.75 Å². The first-order valence-corrected chi connectivity index (χ1v) is 9.30. The van der Waals surface area contributed by atoms with Crippen LogP contribution in [0.4, 0.5) is 0 Å². The zero-order chi connectivity index (χ0) is 19.2. The number of hydrogen-bond acceptors (Lipinski definition) is 4. The van der Waals surface area contributed by atoms with Gasteiger partial charge in [-0.3, -0.25) is 4.79 Å². The van der Waals surface area contributed by atoms with Gasteiger partial charge in [-0.2, -0.15) is 0 Å². The molecule has 0 fully saturated rings. The van der Waals surface area contributed by atoms with Crippen molar-refractivity contribution in [3.05, 3.63) is 65.2 Å². The van der Waals surface area contributed by atoms with E-state index in [0.29, 0.717) is 25.9 Å². The summed E-state index contributed by atoms with van der Waals surface area (Å²) in [5.41, 5.74) is 4.28. The van der Waals surface area contributed by atoms with E-state index >= 15 is 0 Å². The molecule has 1 aliphatic heterocycles. The number of ether oxygens (including phenoxy) is 1. The van der Waals surface area contributed by atoms with Gasteiger partial charge in [0.2, 0.25) is 5.91 Å². The number of carbonyl (C=O) groups excluding carboxylic acids is 1. The number of oxime groups is 1. The molecule has 1 aliphatic rings. The Morgan fingerprint density at radius 2 is 2.07 bits per heavy atom. The summed E-state index contributed by atoms with van der Waals surface area (Å²) < 4.78 is 5.28. The van der Waals surface area contributed by atoms with E-state index < -0.39 is 0 Å². The molecule has 0 bridgehead atoms. The molecular weight excluding hydrogens is 340 g/mol. The van der Waals surface area contributed by atoms with Gasteiger partial charge in [0.05, 0.1) is 19.4 Å². The van der Waals surface area contributed by atoms with Crippen molar-refractivity contribution in [2.75, 3.05) is 13.7 Å². The highest BCUT2D eigenvalue weighted by atomic mass is 16.6. The van der Waals surface area contributed by atoms with Gasteiger partial charge in [-0.1, -0.05) is 48.5 Å². The quantitative estimate of drug-likeness (QED) is 0.746. The van der Waals surface area contributed by atoms with Gasteiger partial charge in [0.1, 0.15) is 5.75 Å². The molecule has 0 N–H and O–H groups in total. The number of benzene rings is 2. The molecule has 2 aromatic rings. The molecule has 5 nitrogen and oxygen atoms in total. The Hall–Kier alpha value is -2.82. The minimum absolute atomic E-state index is 0.103. The second kappa shape index (κ2) is 8.71. The van der Waals surface area contributed by atoms with Gasteiger partial charge in [-0.05, 0) is 30.2 Å². The average molecular weight is 366 g/mol. The number of nitrogens with zero attached hydrogens (tertiary/aromatic N) is 2. The zero-order valence-electron chi connectivity index (χ0n) is 16.1. The number of rotatable bonds is 7. The molecule has 0 aromatic heterocycles. The van der Waals surface area contributed by atoms with E-state index in [1.54, 1.807) is 7.11 Å². The maximum Gasteiger partial charge on any atom is 0.222 e. The first kappa shape index (κ1) is 19.0. The second-order valence-electron chi connectivity index (χ2n) is 6.76. The van der Waals surface area contributed by atoms with Gasteiger partial charge in [-0.25, -0.2) is 0 Å². The minimum atomic E-state index is -0.124. The van der Waals surface area contributed by atoms with Crippen LogP contribution in [0.25, 0.3) is 0 Å². The van der Waals surface area contributed by atoms with Crippen LogP contribution in [0.3, 0.4) is 0 Å². The smallest absolute Gasteiger partial charge is 0.222 e. The number of methoxy groups -OCH3 is 1. The highest BCUT2D eigenvalue weighted by Gasteiger charge is 2.27. The molecule has 0 unspecified atom stereocenters. The first-order chi connectivity index (χ1) is 13.1. The number of aryl methyl sites for hydroxylation is 1. The van der Waals surface area contributed by atoms with E-state index in [1.807, 2.05) is 48.2 Å². The molecule has 142 valence electrons. The van der Waals surface area contributed by atoms with E-state index in [-0.39, 0.29) is 12.0 Å². The largest absolute Gasteiger partial charge is 0.497 e. The van der Waals surface area contributed by atoms with E-state index in [2.05, 4.69) is 24.2 Å². The van der Waals surface area contributed by atoms with Crippen molar-refractivity contribution < 1.29 is 14.4 Å². The summed E-state index contributed by atoms with van der Waals surface area (Å²) in [6.07, 6.45) is 1.04. The lowest BCUT2D eigenvalue weighted by Crippen LogP contribution is -2.36. The molecule has 3 rings (SSSR count). The third-order valence-corrected chi connectivity index (χ3v) is 4.78. The molecule has 1 heterocycles. The van der Waals surface area contributed by atoms with Gasteiger partial charge in [-0.15, -0.1) is 0 Å². The van der Waals surface area contributed by atoms with Crippen molar-refractivity contribution in [1.82, 2.24) is 4.90 Å². The molecule has 27 heavy (non-hydrogen) atoms. The third-order valence-electron chi connectivity index (χ3n) is 4.78. The highest BCUT2D eigenvalue weighted by Crippen LogP contribution is 2.21. The van der Waals surface area contributed by atoms with Crippen LogP contribution in [-0.4, -0.2) is 36.3 Å². The Balaban J connectivity index is 1.67. The summed E-state index contributed by atoms with van der Waals surface area (Å²) in [5, 5.41) is 4.28. The van der Waals surface area contributed by atoms with Gasteiger partial charge in [0, 0.05) is 24.9 Å². The lowest BCUT2D eigenvalue weighted by atomic mass is 10.00. The second-order valence-corrected chi connectivity index (χ2v) is 6.76. The maximum absolute atomic E-state index is 12.5. The molecule has 0 saturated carbocycles. The summed E-state index contributed by atoms with van der Waals surface area (Å²) >= 11 is 0. The molecule has 1 amide bonds. The molecule has 5 heteroatoms. The Labute approximate surface area is 160 Å². The monoisotopic (exact) mass is 366 g/mol. The van der Waals surface area contributed by atoms with Crippen LogP contribution in [0, 0.1) is 6.92 Å². The van der Waals surface area contributed by atoms with Gasteiger partial charge < -0.3 is 14.5 Å². The van der Waals surface area contributed by atoms with E-state index in [1.165, 1.54) is 5.56 Å². The van der Waals surface area contributed by atoms with Gasteiger partial charge in [0.25, 0.3) is 0 Å². The molecule has 0 spiro atoms. The molecule has 2 aromatic carbocycles. The average Bonchev–Trinajstić information content (AvgIpc) is 3.15. The van der Waals surface area contributed by atoms with Crippen molar-refractivity contribution in [3.63, 3.8) is 0 Å². The first-order valence-electron chi connectivity index (χ1n) is 9.30. The molecular formula is C22H26N2O3. The van der Waals surface area contributed by atoms with Crippen molar-refractivity contribution in [2.24, 2.45) is 5.16 Å².